The molecule has 0 saturated heterocycles. The van der Waals surface area contributed by atoms with Crippen LogP contribution in [0.15, 0.2) is 24.3 Å². The Morgan fingerprint density at radius 1 is 1.26 bits per heavy atom. The van der Waals surface area contributed by atoms with E-state index in [9.17, 15) is 9.59 Å². The van der Waals surface area contributed by atoms with E-state index in [0.717, 1.165) is 0 Å². The topological polar surface area (TPSA) is 75.6 Å². The van der Waals surface area contributed by atoms with Crippen LogP contribution in [0.5, 0.6) is 5.75 Å². The molecule has 0 fully saturated rings. The zero-order chi connectivity index (χ0) is 14.4. The van der Waals surface area contributed by atoms with Gasteiger partial charge in [-0.1, -0.05) is 26.0 Å². The van der Waals surface area contributed by atoms with Gasteiger partial charge in [0.2, 0.25) is 5.91 Å². The minimum atomic E-state index is -1.15. The Balaban J connectivity index is 2.77. The van der Waals surface area contributed by atoms with Crippen LogP contribution >= 0.6 is 0 Å². The number of rotatable bonds is 6. The monoisotopic (exact) mass is 265 g/mol. The van der Waals surface area contributed by atoms with Crippen LogP contribution in [0.2, 0.25) is 0 Å². The Kier molecular flexibility index (Phi) is 5.36. The van der Waals surface area contributed by atoms with Gasteiger partial charge in [-0.2, -0.15) is 0 Å². The van der Waals surface area contributed by atoms with Gasteiger partial charge in [0.05, 0.1) is 12.3 Å². The maximum absolute atomic E-state index is 11.7. The molecule has 0 saturated carbocycles. The van der Waals surface area contributed by atoms with Crippen molar-refractivity contribution in [3.63, 3.8) is 0 Å². The average Bonchev–Trinajstić information content (AvgIpc) is 2.36. The van der Waals surface area contributed by atoms with E-state index in [-0.39, 0.29) is 0 Å². The van der Waals surface area contributed by atoms with Gasteiger partial charge in [0.15, 0.2) is 0 Å². The molecule has 2 N–H and O–H groups in total. The number of hydrogen-bond acceptors (Lipinski definition) is 3. The van der Waals surface area contributed by atoms with Crippen molar-refractivity contribution in [1.29, 1.82) is 0 Å². The van der Waals surface area contributed by atoms with Crippen molar-refractivity contribution in [3.05, 3.63) is 24.3 Å². The smallest absolute Gasteiger partial charge is 0.315 e. The first-order valence-electron chi connectivity index (χ1n) is 6.17. The third-order valence-corrected chi connectivity index (χ3v) is 2.48. The summed E-state index contributed by atoms with van der Waals surface area (Å²) in [5.74, 6) is -1.91. The molecule has 0 aliphatic heterocycles. The third-order valence-electron chi connectivity index (χ3n) is 2.48. The number of anilines is 1. The summed E-state index contributed by atoms with van der Waals surface area (Å²) in [4.78, 5) is 22.4. The quantitative estimate of drug-likeness (QED) is 0.774. The molecule has 0 bridgehead atoms. The normalized spacial score (nSPS) is 12.0. The second kappa shape index (κ2) is 6.78. The maximum Gasteiger partial charge on any atom is 0.315 e. The molecule has 1 atom stereocenters. The molecule has 0 aliphatic rings. The van der Waals surface area contributed by atoms with Gasteiger partial charge in [-0.05, 0) is 25.0 Å². The van der Waals surface area contributed by atoms with Crippen molar-refractivity contribution < 1.29 is 19.4 Å². The number of benzene rings is 1. The SMILES string of the molecule is CC(C)COc1ccccc1NC(=O)C(C)C(=O)O. The predicted octanol–water partition coefficient (Wildman–Crippen LogP) is 2.38. The number of para-hydroxylation sites is 2. The van der Waals surface area contributed by atoms with E-state index in [0.29, 0.717) is 24.0 Å². The number of nitrogens with one attached hydrogen (secondary N) is 1. The molecule has 5 heteroatoms. The Hall–Kier alpha value is -2.04. The van der Waals surface area contributed by atoms with Crippen molar-refractivity contribution in [2.45, 2.75) is 20.8 Å². The van der Waals surface area contributed by atoms with Gasteiger partial charge in [-0.3, -0.25) is 9.59 Å². The average molecular weight is 265 g/mol. The molecule has 0 aliphatic carbocycles. The van der Waals surface area contributed by atoms with Gasteiger partial charge in [-0.15, -0.1) is 0 Å². The first-order valence-corrected chi connectivity index (χ1v) is 6.17. The number of amides is 1. The van der Waals surface area contributed by atoms with Gasteiger partial charge in [0, 0.05) is 0 Å². The zero-order valence-corrected chi connectivity index (χ0v) is 11.3. The van der Waals surface area contributed by atoms with Crippen LogP contribution in [-0.4, -0.2) is 23.6 Å². The van der Waals surface area contributed by atoms with E-state index in [1.807, 2.05) is 13.8 Å². The van der Waals surface area contributed by atoms with E-state index in [1.54, 1.807) is 24.3 Å². The standard InChI is InChI=1S/C14H19NO4/c1-9(2)8-19-12-7-5-4-6-11(12)15-13(16)10(3)14(17)18/h4-7,9-10H,8H2,1-3H3,(H,15,16)(H,17,18). The summed E-state index contributed by atoms with van der Waals surface area (Å²) in [7, 11) is 0. The summed E-state index contributed by atoms with van der Waals surface area (Å²) >= 11 is 0. The Bertz CT molecular complexity index is 457. The zero-order valence-electron chi connectivity index (χ0n) is 11.3. The molecule has 104 valence electrons. The number of carboxylic acid groups (broad SMARTS) is 1. The second-order valence-corrected chi connectivity index (χ2v) is 4.75. The number of aliphatic carboxylic acids is 1. The molecule has 19 heavy (non-hydrogen) atoms. The fraction of sp³-hybridized carbons (Fsp3) is 0.429. The first-order chi connectivity index (χ1) is 8.91. The number of hydrogen-bond donors (Lipinski definition) is 2. The minimum absolute atomic E-state index is 0.363. The van der Waals surface area contributed by atoms with Crippen molar-refractivity contribution in [2.24, 2.45) is 11.8 Å². The summed E-state index contributed by atoms with van der Waals surface area (Å²) in [5.41, 5.74) is 0.487. The van der Waals surface area contributed by atoms with E-state index in [1.165, 1.54) is 6.92 Å². The molecule has 5 nitrogen and oxygen atoms in total. The molecule has 1 aromatic rings. The molecule has 0 radical (unpaired) electrons. The highest BCUT2D eigenvalue weighted by Gasteiger charge is 2.21. The molecule has 0 spiro atoms. The highest BCUT2D eigenvalue weighted by Crippen LogP contribution is 2.24. The number of carbonyl (C=O) groups is 2. The van der Waals surface area contributed by atoms with Crippen LogP contribution < -0.4 is 10.1 Å². The highest BCUT2D eigenvalue weighted by atomic mass is 16.5. The molecular formula is C14H19NO4. The number of carboxylic acids is 1. The Morgan fingerprint density at radius 2 is 1.89 bits per heavy atom. The maximum atomic E-state index is 11.7. The molecule has 1 rings (SSSR count). The van der Waals surface area contributed by atoms with Crippen LogP contribution in [0, 0.1) is 11.8 Å². The fourth-order valence-electron chi connectivity index (χ4n) is 1.31. The van der Waals surface area contributed by atoms with Crippen LogP contribution in [-0.2, 0) is 9.59 Å². The summed E-state index contributed by atoms with van der Waals surface area (Å²) in [6, 6.07) is 6.97. The van der Waals surface area contributed by atoms with Gasteiger partial charge in [0.25, 0.3) is 0 Å². The summed E-state index contributed by atoms with van der Waals surface area (Å²) in [6.07, 6.45) is 0. The summed E-state index contributed by atoms with van der Waals surface area (Å²) < 4.78 is 5.58. The van der Waals surface area contributed by atoms with Gasteiger partial charge in [0.1, 0.15) is 11.7 Å². The lowest BCUT2D eigenvalue weighted by Crippen LogP contribution is -2.27. The molecular weight excluding hydrogens is 246 g/mol. The van der Waals surface area contributed by atoms with E-state index >= 15 is 0 Å². The number of ether oxygens (including phenoxy) is 1. The fourth-order valence-corrected chi connectivity index (χ4v) is 1.31. The molecule has 1 unspecified atom stereocenters. The lowest BCUT2D eigenvalue weighted by molar-refractivity contribution is -0.144. The van der Waals surface area contributed by atoms with Crippen molar-refractivity contribution in [3.8, 4) is 5.75 Å². The summed E-state index contributed by atoms with van der Waals surface area (Å²) in [6.45, 7) is 5.91. The third kappa shape index (κ3) is 4.62. The van der Waals surface area contributed by atoms with E-state index in [2.05, 4.69) is 5.32 Å². The first kappa shape index (κ1) is 15.0. The second-order valence-electron chi connectivity index (χ2n) is 4.75. The van der Waals surface area contributed by atoms with Crippen LogP contribution in [0.3, 0.4) is 0 Å². The van der Waals surface area contributed by atoms with Crippen molar-refractivity contribution in [1.82, 2.24) is 0 Å². The largest absolute Gasteiger partial charge is 0.491 e. The molecule has 0 heterocycles. The Labute approximate surface area is 112 Å². The summed E-state index contributed by atoms with van der Waals surface area (Å²) in [5, 5.41) is 11.4. The van der Waals surface area contributed by atoms with Crippen molar-refractivity contribution in [2.75, 3.05) is 11.9 Å². The van der Waals surface area contributed by atoms with Gasteiger partial charge < -0.3 is 15.2 Å². The molecule has 1 aromatic carbocycles. The van der Waals surface area contributed by atoms with Gasteiger partial charge in [-0.25, -0.2) is 0 Å². The molecule has 0 aromatic heterocycles. The highest BCUT2D eigenvalue weighted by molar-refractivity contribution is 6.04. The minimum Gasteiger partial charge on any atom is -0.491 e. The van der Waals surface area contributed by atoms with Crippen molar-refractivity contribution >= 4 is 17.6 Å². The van der Waals surface area contributed by atoms with E-state index in [4.69, 9.17) is 9.84 Å². The van der Waals surface area contributed by atoms with Crippen LogP contribution in [0.25, 0.3) is 0 Å². The van der Waals surface area contributed by atoms with Crippen LogP contribution in [0.1, 0.15) is 20.8 Å². The Morgan fingerprint density at radius 3 is 2.47 bits per heavy atom. The number of carbonyl (C=O) groups excluding carboxylic acids is 1. The lowest BCUT2D eigenvalue weighted by Gasteiger charge is -2.14. The molecule has 1 amide bonds. The van der Waals surface area contributed by atoms with Crippen LogP contribution in [0.4, 0.5) is 5.69 Å². The van der Waals surface area contributed by atoms with Gasteiger partial charge >= 0.3 is 5.97 Å². The lowest BCUT2D eigenvalue weighted by atomic mass is 10.1. The van der Waals surface area contributed by atoms with E-state index < -0.39 is 17.8 Å². The predicted molar refractivity (Wildman–Crippen MR) is 72.2 cm³/mol.